The lowest BCUT2D eigenvalue weighted by Crippen LogP contribution is -2.07. The van der Waals surface area contributed by atoms with Gasteiger partial charge in [-0.2, -0.15) is 20.5 Å². The molecule has 0 bridgehead atoms. The lowest BCUT2D eigenvalue weighted by atomic mass is 10.2. The molecule has 0 heterocycles. The number of aromatic carboxylic acids is 1. The lowest BCUT2D eigenvalue weighted by molar-refractivity contribution is 0.0697. The van der Waals surface area contributed by atoms with Crippen molar-refractivity contribution in [1.82, 2.24) is 0 Å². The maximum absolute atomic E-state index is 10.8. The molecule has 140 valence electrons. The van der Waals surface area contributed by atoms with Gasteiger partial charge >= 0.3 is 5.97 Å². The number of anilines is 1. The van der Waals surface area contributed by atoms with Crippen molar-refractivity contribution in [2.24, 2.45) is 20.5 Å². The van der Waals surface area contributed by atoms with E-state index in [-0.39, 0.29) is 5.56 Å². The standard InChI is InChI=1S/C21H19N5O2/c1-26(2)20-13-11-19(12-14-20)25-24-18-9-7-17(8-10-18)23-22-16-5-3-15(4-6-16)21(27)28/h3-14H,1-2H3,(H,27,28). The third kappa shape index (κ3) is 5.07. The summed E-state index contributed by atoms with van der Waals surface area (Å²) in [5, 5.41) is 25.6. The first-order valence-corrected chi connectivity index (χ1v) is 8.55. The number of hydrogen-bond donors (Lipinski definition) is 1. The lowest BCUT2D eigenvalue weighted by Gasteiger charge is -2.11. The second-order valence-corrected chi connectivity index (χ2v) is 6.18. The van der Waals surface area contributed by atoms with Gasteiger partial charge in [0.15, 0.2) is 0 Å². The van der Waals surface area contributed by atoms with Gasteiger partial charge in [0.1, 0.15) is 0 Å². The van der Waals surface area contributed by atoms with E-state index in [0.717, 1.165) is 11.4 Å². The average molecular weight is 373 g/mol. The Labute approximate surface area is 162 Å². The molecular weight excluding hydrogens is 354 g/mol. The molecule has 3 rings (SSSR count). The van der Waals surface area contributed by atoms with Crippen LogP contribution < -0.4 is 4.90 Å². The summed E-state index contributed by atoms with van der Waals surface area (Å²) in [4.78, 5) is 12.9. The first-order chi connectivity index (χ1) is 13.5. The third-order valence-corrected chi connectivity index (χ3v) is 3.89. The Balaban J connectivity index is 1.63. The van der Waals surface area contributed by atoms with Crippen molar-refractivity contribution < 1.29 is 9.90 Å². The summed E-state index contributed by atoms with van der Waals surface area (Å²) in [5.41, 5.74) is 4.04. The summed E-state index contributed by atoms with van der Waals surface area (Å²) in [5.74, 6) is -0.970. The second kappa shape index (κ2) is 8.68. The minimum absolute atomic E-state index is 0.213. The first-order valence-electron chi connectivity index (χ1n) is 8.55. The zero-order chi connectivity index (χ0) is 19.9. The fraction of sp³-hybridized carbons (Fsp3) is 0.0952. The Morgan fingerprint density at radius 1 is 0.643 bits per heavy atom. The van der Waals surface area contributed by atoms with Gasteiger partial charge in [-0.05, 0) is 72.8 Å². The van der Waals surface area contributed by atoms with E-state index in [9.17, 15) is 4.79 Å². The number of carboxylic acid groups (broad SMARTS) is 1. The minimum Gasteiger partial charge on any atom is -0.478 e. The molecule has 0 radical (unpaired) electrons. The highest BCUT2D eigenvalue weighted by Crippen LogP contribution is 2.24. The van der Waals surface area contributed by atoms with E-state index < -0.39 is 5.97 Å². The molecule has 3 aromatic rings. The molecule has 0 amide bonds. The van der Waals surface area contributed by atoms with Crippen molar-refractivity contribution in [2.45, 2.75) is 0 Å². The van der Waals surface area contributed by atoms with Gasteiger partial charge in [-0.1, -0.05) is 0 Å². The Morgan fingerprint density at radius 2 is 0.964 bits per heavy atom. The Kier molecular flexibility index (Phi) is 5.86. The molecule has 0 fully saturated rings. The summed E-state index contributed by atoms with van der Waals surface area (Å²) in [6.45, 7) is 0. The fourth-order valence-corrected chi connectivity index (χ4v) is 2.31. The maximum atomic E-state index is 10.8. The van der Waals surface area contributed by atoms with E-state index >= 15 is 0 Å². The minimum atomic E-state index is -0.970. The molecule has 7 nitrogen and oxygen atoms in total. The highest BCUT2D eigenvalue weighted by Gasteiger charge is 2.01. The topological polar surface area (TPSA) is 90.0 Å². The van der Waals surface area contributed by atoms with E-state index in [1.807, 2.05) is 43.3 Å². The van der Waals surface area contributed by atoms with E-state index in [1.165, 1.54) is 12.1 Å². The number of nitrogens with zero attached hydrogens (tertiary/aromatic N) is 5. The van der Waals surface area contributed by atoms with Crippen LogP contribution in [0.1, 0.15) is 10.4 Å². The number of carboxylic acids is 1. The van der Waals surface area contributed by atoms with Crippen LogP contribution in [0.5, 0.6) is 0 Å². The van der Waals surface area contributed by atoms with E-state index in [2.05, 4.69) is 20.5 Å². The number of benzene rings is 3. The molecule has 7 heteroatoms. The van der Waals surface area contributed by atoms with E-state index in [0.29, 0.717) is 17.1 Å². The van der Waals surface area contributed by atoms with Gasteiger partial charge in [-0.3, -0.25) is 0 Å². The molecule has 3 aromatic carbocycles. The molecule has 1 N–H and O–H groups in total. The van der Waals surface area contributed by atoms with Crippen LogP contribution >= 0.6 is 0 Å². The third-order valence-electron chi connectivity index (χ3n) is 3.89. The van der Waals surface area contributed by atoms with Gasteiger partial charge < -0.3 is 10.0 Å². The molecule has 0 saturated carbocycles. The van der Waals surface area contributed by atoms with Crippen LogP contribution in [0.4, 0.5) is 28.4 Å². The van der Waals surface area contributed by atoms with Gasteiger partial charge in [0.25, 0.3) is 0 Å². The molecular formula is C21H19N5O2. The van der Waals surface area contributed by atoms with Crippen LogP contribution in [0.2, 0.25) is 0 Å². The first kappa shape index (κ1) is 18.9. The van der Waals surface area contributed by atoms with Crippen LogP contribution in [-0.4, -0.2) is 25.2 Å². The van der Waals surface area contributed by atoms with Crippen LogP contribution in [0, 0.1) is 0 Å². The second-order valence-electron chi connectivity index (χ2n) is 6.18. The van der Waals surface area contributed by atoms with Crippen molar-refractivity contribution in [3.63, 3.8) is 0 Å². The summed E-state index contributed by atoms with van der Waals surface area (Å²) in [7, 11) is 3.97. The molecule has 0 aliphatic rings. The van der Waals surface area contributed by atoms with Gasteiger partial charge in [-0.15, -0.1) is 0 Å². The molecule has 0 aliphatic carbocycles. The van der Waals surface area contributed by atoms with Gasteiger partial charge in [-0.25, -0.2) is 4.79 Å². The molecule has 28 heavy (non-hydrogen) atoms. The highest BCUT2D eigenvalue weighted by atomic mass is 16.4. The van der Waals surface area contributed by atoms with Crippen LogP contribution in [0.3, 0.4) is 0 Å². The molecule has 0 saturated heterocycles. The number of azo groups is 2. The smallest absolute Gasteiger partial charge is 0.335 e. The zero-order valence-corrected chi connectivity index (χ0v) is 15.5. The predicted molar refractivity (Wildman–Crippen MR) is 109 cm³/mol. The van der Waals surface area contributed by atoms with Gasteiger partial charge in [0.05, 0.1) is 28.3 Å². The number of hydrogen-bond acceptors (Lipinski definition) is 6. The SMILES string of the molecule is CN(C)c1ccc(N=Nc2ccc(N=Nc3ccc(C(=O)O)cc3)cc2)cc1. The maximum Gasteiger partial charge on any atom is 0.335 e. The zero-order valence-electron chi connectivity index (χ0n) is 15.5. The number of rotatable bonds is 6. The fourth-order valence-electron chi connectivity index (χ4n) is 2.31. The van der Waals surface area contributed by atoms with E-state index in [1.54, 1.807) is 36.4 Å². The van der Waals surface area contributed by atoms with Gasteiger partial charge in [0.2, 0.25) is 0 Å². The van der Waals surface area contributed by atoms with Crippen molar-refractivity contribution in [3.05, 3.63) is 78.4 Å². The quantitative estimate of drug-likeness (QED) is 0.515. The largest absolute Gasteiger partial charge is 0.478 e. The van der Waals surface area contributed by atoms with Crippen molar-refractivity contribution in [3.8, 4) is 0 Å². The van der Waals surface area contributed by atoms with Crippen molar-refractivity contribution in [2.75, 3.05) is 19.0 Å². The molecule has 0 spiro atoms. The summed E-state index contributed by atoms with van der Waals surface area (Å²) < 4.78 is 0. The average Bonchev–Trinajstić information content (AvgIpc) is 2.72. The summed E-state index contributed by atoms with van der Waals surface area (Å²) in [6, 6.07) is 21.2. The van der Waals surface area contributed by atoms with E-state index in [4.69, 9.17) is 5.11 Å². The van der Waals surface area contributed by atoms with Crippen molar-refractivity contribution in [1.29, 1.82) is 0 Å². The normalized spacial score (nSPS) is 11.2. The monoisotopic (exact) mass is 373 g/mol. The Hall–Kier alpha value is -3.87. The van der Waals surface area contributed by atoms with Crippen LogP contribution in [0.15, 0.2) is 93.3 Å². The summed E-state index contributed by atoms with van der Waals surface area (Å²) >= 11 is 0. The molecule has 0 aliphatic heterocycles. The summed E-state index contributed by atoms with van der Waals surface area (Å²) in [6.07, 6.45) is 0. The van der Waals surface area contributed by atoms with Crippen molar-refractivity contribution >= 4 is 34.4 Å². The number of carbonyl (C=O) groups is 1. The molecule has 0 unspecified atom stereocenters. The Bertz CT molecular complexity index is 992. The highest BCUT2D eigenvalue weighted by molar-refractivity contribution is 5.87. The van der Waals surface area contributed by atoms with Crippen LogP contribution in [0.25, 0.3) is 0 Å². The predicted octanol–water partition coefficient (Wildman–Crippen LogP) is 6.28. The van der Waals surface area contributed by atoms with Crippen LogP contribution in [-0.2, 0) is 0 Å². The molecule has 0 atom stereocenters. The molecule has 0 aromatic heterocycles. The van der Waals surface area contributed by atoms with Gasteiger partial charge in [0, 0.05) is 19.8 Å². The Morgan fingerprint density at radius 3 is 1.29 bits per heavy atom.